The second-order valence-corrected chi connectivity index (χ2v) is 0. The van der Waals surface area contributed by atoms with Crippen LogP contribution in [0.25, 0.3) is 0 Å². The number of hydrogen-bond donors (Lipinski definition) is 3. The molecule has 0 aromatic heterocycles. The molecule has 0 aromatic carbocycles. The van der Waals surface area contributed by atoms with Gasteiger partial charge in [-0.3, -0.25) is 10.5 Å². The first-order chi connectivity index (χ1) is 3.00. The monoisotopic (exact) mass is 133 g/mol. The van der Waals surface area contributed by atoms with Crippen LogP contribution < -0.4 is 5.26 Å². The summed E-state index contributed by atoms with van der Waals surface area (Å²) < 4.78 is 0. The van der Waals surface area contributed by atoms with Crippen LogP contribution in [0.5, 0.6) is 0 Å². The molecule has 0 heterocycles. The number of rotatable bonds is 0. The molecule has 0 amide bonds. The van der Waals surface area contributed by atoms with Crippen LogP contribution in [-0.4, -0.2) is 26.7 Å². The Kier molecular flexibility index (Phi) is 2980. The molecule has 8 heavy (non-hydrogen) atoms. The van der Waals surface area contributed by atoms with E-state index < -0.39 is 0 Å². The average Bonchev–Trinajstić information content (AvgIpc) is 1.81. The van der Waals surface area contributed by atoms with E-state index in [0.717, 1.165) is 0 Å². The Morgan fingerprint density at radius 1 is 0.875 bits per heavy atom. The van der Waals surface area contributed by atoms with E-state index in [2.05, 4.69) is 0 Å². The lowest BCUT2D eigenvalue weighted by atomic mass is 15.0. The highest BCUT2D eigenvalue weighted by molar-refractivity contribution is 4.07. The highest BCUT2D eigenvalue weighted by atomic mass is 17.0. The van der Waals surface area contributed by atoms with Gasteiger partial charge in [0.05, 0.1) is 0 Å². The maximum Gasteiger partial charge on any atom is 0 e. The van der Waals surface area contributed by atoms with E-state index in [-0.39, 0.29) is 11.0 Å². The summed E-state index contributed by atoms with van der Waals surface area (Å²) in [5, 5.41) is 25.0. The second-order valence-electron chi connectivity index (χ2n) is 0. The fraction of sp³-hybridized carbons (Fsp3) is 0. The highest BCUT2D eigenvalue weighted by Gasteiger charge is 0.746. The molecule has 0 aliphatic rings. The van der Waals surface area contributed by atoms with Crippen molar-refractivity contribution >= 4 is 0 Å². The summed E-state index contributed by atoms with van der Waals surface area (Å²) in [4.78, 5) is 14.0. The van der Waals surface area contributed by atoms with Crippen LogP contribution in [0.4, 0.5) is 0 Å². The molecule has 0 bridgehead atoms. The smallest absolute Gasteiger partial charge is 0 e. The molecule has 5 N–H and O–H groups in total. The predicted molar refractivity (Wildman–Crippen MR) is 18.5 cm³/mol. The van der Waals surface area contributed by atoms with Gasteiger partial charge in [0, 0.05) is 9.93 Å². The van der Waals surface area contributed by atoms with Crippen LogP contribution in [0, 0.1) is 9.93 Å². The zero-order chi connectivity index (χ0) is 6.00. The highest BCUT2D eigenvalue weighted by Crippen LogP contribution is 0.741. The Morgan fingerprint density at radius 3 is 0.875 bits per heavy atom. The van der Waals surface area contributed by atoms with Crippen molar-refractivity contribution in [3.8, 4) is 0 Å². The second kappa shape index (κ2) is 446. The molecule has 0 aliphatic carbocycles. The van der Waals surface area contributed by atoms with Crippen molar-refractivity contribution in [3.63, 3.8) is 0 Å². The van der Waals surface area contributed by atoms with Gasteiger partial charge in [-0.15, -0.1) is 0 Å². The quantitative estimate of drug-likeness (QED) is 0.265. The molecule has 56 valence electrons. The first kappa shape index (κ1) is 53.5. The van der Waals surface area contributed by atoms with Gasteiger partial charge in [0.25, 0.3) is 0 Å². The molecule has 0 spiro atoms. The molecule has 8 heteroatoms. The fourth-order valence-electron chi connectivity index (χ4n) is 0. The molecule has 0 rings (SSSR count). The molecule has 0 aliphatic heterocycles. The van der Waals surface area contributed by atoms with Gasteiger partial charge in [0.15, 0.2) is 0 Å². The lowest BCUT2D eigenvalue weighted by Crippen LogP contribution is -1.84. The van der Waals surface area contributed by atoms with Crippen LogP contribution in [0.15, 0.2) is 0 Å². The summed E-state index contributed by atoms with van der Waals surface area (Å²) in [5.74, 6) is 0. The van der Waals surface area contributed by atoms with Gasteiger partial charge < -0.3 is 21.5 Å². The van der Waals surface area contributed by atoms with E-state index >= 15 is 0 Å². The van der Waals surface area contributed by atoms with E-state index in [9.17, 15) is 0 Å². The summed E-state index contributed by atoms with van der Waals surface area (Å²) in [6.07, 6.45) is 0. The largest absolute Gasteiger partial charge is 0.870 e. The SMILES string of the molecule is O=O.OO.[O-]O.[OH-].[OH-]. The molecule has 0 atom stereocenters. The zero-order valence-electron chi connectivity index (χ0n) is 3.46. The minimum atomic E-state index is 0. The molecule has 0 fully saturated rings. The summed E-state index contributed by atoms with van der Waals surface area (Å²) in [6.45, 7) is 0. The van der Waals surface area contributed by atoms with Gasteiger partial charge in [0.1, 0.15) is 0 Å². The Balaban J connectivity index is -0.00000000500. The summed E-state index contributed by atoms with van der Waals surface area (Å²) in [6, 6.07) is 0. The predicted octanol–water partition coefficient (Wildman–Crippen LogP) is -1.45. The molecule has 8 nitrogen and oxygen atoms in total. The molecular formula is H5O8-3. The van der Waals surface area contributed by atoms with Crippen molar-refractivity contribution < 1.29 is 32.0 Å². The number of hydrogen-bond acceptors (Lipinski definition) is 8. The van der Waals surface area contributed by atoms with Crippen LogP contribution >= 0.6 is 0 Å². The first-order valence-corrected chi connectivity index (χ1v) is 0.549. The van der Waals surface area contributed by atoms with Crippen molar-refractivity contribution in [2.45, 2.75) is 0 Å². The van der Waals surface area contributed by atoms with Gasteiger partial charge in [-0.1, -0.05) is 0 Å². The minimum Gasteiger partial charge on any atom is -0.870 e. The standard InChI is InChI=1S/2H2O2.O2.2H2O/c3*1-2;;/h2*1-2H;;2*1H2/p-3. The molecule has 0 saturated carbocycles. The summed E-state index contributed by atoms with van der Waals surface area (Å²) in [7, 11) is 0. The maximum atomic E-state index is 7.25. The fourth-order valence-corrected chi connectivity index (χ4v) is 0. The van der Waals surface area contributed by atoms with E-state index in [0.29, 0.717) is 0 Å². The van der Waals surface area contributed by atoms with Gasteiger partial charge in [-0.2, -0.15) is 0 Å². The summed E-state index contributed by atoms with van der Waals surface area (Å²) in [5.41, 5.74) is 0. The van der Waals surface area contributed by atoms with Crippen molar-refractivity contribution in [2.24, 2.45) is 0 Å². The van der Waals surface area contributed by atoms with Gasteiger partial charge in [-0.05, 0) is 0 Å². The van der Waals surface area contributed by atoms with Crippen molar-refractivity contribution in [2.75, 3.05) is 0 Å². The van der Waals surface area contributed by atoms with E-state index in [1.54, 1.807) is 0 Å². The van der Waals surface area contributed by atoms with Gasteiger partial charge in [-0.25, -0.2) is 0 Å². The van der Waals surface area contributed by atoms with Crippen LogP contribution in [-0.2, 0) is 0 Å². The normalized spacial score (nSPS) is 2.00. The van der Waals surface area contributed by atoms with Gasteiger partial charge in [0.2, 0.25) is 0 Å². The van der Waals surface area contributed by atoms with Crippen LogP contribution in [0.3, 0.4) is 0 Å². The minimum absolute atomic E-state index is 0. The van der Waals surface area contributed by atoms with Crippen LogP contribution in [0.1, 0.15) is 0 Å². The van der Waals surface area contributed by atoms with Crippen molar-refractivity contribution in [1.29, 1.82) is 0 Å². The van der Waals surface area contributed by atoms with E-state index in [4.69, 9.17) is 31.0 Å². The molecule has 0 unspecified atom stereocenters. The third kappa shape index (κ3) is 249. The Morgan fingerprint density at radius 2 is 0.875 bits per heavy atom. The van der Waals surface area contributed by atoms with E-state index in [1.807, 2.05) is 0 Å². The average molecular weight is 133 g/mol. The third-order valence-corrected chi connectivity index (χ3v) is 0. The molecular weight excluding hydrogens is 128 g/mol. The van der Waals surface area contributed by atoms with Crippen LogP contribution in [0.2, 0.25) is 0 Å². The first-order valence-electron chi connectivity index (χ1n) is 0.549. The van der Waals surface area contributed by atoms with E-state index in [1.165, 1.54) is 0 Å². The van der Waals surface area contributed by atoms with Crippen molar-refractivity contribution in [3.05, 3.63) is 9.93 Å². The Hall–Kier alpha value is -0.640. The zero-order valence-corrected chi connectivity index (χ0v) is 3.46. The lowest BCUT2D eigenvalue weighted by Gasteiger charge is -1.61. The molecule has 0 aromatic rings. The van der Waals surface area contributed by atoms with Crippen molar-refractivity contribution in [1.82, 2.24) is 0 Å². The Labute approximate surface area is 43.3 Å². The Bertz CT molecular complexity index is 0. The lowest BCUT2D eigenvalue weighted by molar-refractivity contribution is -0.670. The maximum absolute atomic E-state index is 7.25. The topological polar surface area (TPSA) is 178 Å². The molecule has 0 saturated heterocycles. The molecule has 0 radical (unpaired) electrons. The summed E-state index contributed by atoms with van der Waals surface area (Å²) >= 11 is 0. The third-order valence-electron chi connectivity index (χ3n) is 0. The van der Waals surface area contributed by atoms with Gasteiger partial charge >= 0.3 is 0 Å².